The van der Waals surface area contributed by atoms with Gasteiger partial charge < -0.3 is 25.3 Å². The number of aromatic nitrogens is 2. The van der Waals surface area contributed by atoms with Crippen LogP contribution in [0.4, 0.5) is 15.9 Å². The molecular weight excluding hydrogens is 439 g/mol. The summed E-state index contributed by atoms with van der Waals surface area (Å²) in [5.74, 6) is 0.570. The van der Waals surface area contributed by atoms with Crippen LogP contribution in [-0.2, 0) is 4.79 Å². The second-order valence-corrected chi connectivity index (χ2v) is 7.73. The van der Waals surface area contributed by atoms with Gasteiger partial charge in [0.05, 0.1) is 19.8 Å². The van der Waals surface area contributed by atoms with Crippen molar-refractivity contribution in [2.75, 3.05) is 26.1 Å². The van der Waals surface area contributed by atoms with Gasteiger partial charge in [-0.05, 0) is 37.1 Å². The number of imidazole rings is 1. The molecule has 34 heavy (non-hydrogen) atoms. The van der Waals surface area contributed by atoms with Crippen LogP contribution in [0.25, 0.3) is 16.9 Å². The number of ether oxygens (including phenoxy) is 3. The van der Waals surface area contributed by atoms with Gasteiger partial charge in [0.25, 0.3) is 5.91 Å². The lowest BCUT2D eigenvalue weighted by Gasteiger charge is -2.18. The highest BCUT2D eigenvalue weighted by Gasteiger charge is 2.24. The van der Waals surface area contributed by atoms with Crippen LogP contribution in [0.2, 0.25) is 0 Å². The fourth-order valence-corrected chi connectivity index (χ4v) is 3.78. The van der Waals surface area contributed by atoms with Gasteiger partial charge in [0.15, 0.2) is 6.61 Å². The van der Waals surface area contributed by atoms with E-state index < -0.39 is 11.7 Å². The van der Waals surface area contributed by atoms with Crippen molar-refractivity contribution in [1.82, 2.24) is 9.38 Å². The first-order valence-corrected chi connectivity index (χ1v) is 10.5. The van der Waals surface area contributed by atoms with Gasteiger partial charge in [0.2, 0.25) is 0 Å². The first kappa shape index (κ1) is 22.9. The molecule has 0 aliphatic heterocycles. The van der Waals surface area contributed by atoms with Gasteiger partial charge in [-0.2, -0.15) is 0 Å². The van der Waals surface area contributed by atoms with Crippen molar-refractivity contribution in [2.24, 2.45) is 5.73 Å². The average Bonchev–Trinajstić information content (AvgIpc) is 3.16. The standard InChI is InChI=1S/C25H25FN4O4/c1-14-6-5-7-15(2)23(14)29-25-24(28-21-9-8-16(26)12-30(21)25)22-18(33-4)10-17(32-3)11-19(22)34-13-20(27)31/h5-12,29H,13H2,1-4H3,(H2,27,31). The number of pyridine rings is 1. The summed E-state index contributed by atoms with van der Waals surface area (Å²) in [5.41, 5.74) is 9.59. The predicted molar refractivity (Wildman–Crippen MR) is 128 cm³/mol. The number of primary amides is 1. The number of nitrogens with one attached hydrogen (secondary N) is 1. The second-order valence-electron chi connectivity index (χ2n) is 7.73. The molecular formula is C25H25FN4O4. The molecule has 1 amide bonds. The van der Waals surface area contributed by atoms with Crippen LogP contribution < -0.4 is 25.3 Å². The van der Waals surface area contributed by atoms with E-state index in [9.17, 15) is 9.18 Å². The topological polar surface area (TPSA) is 100 Å². The number of anilines is 2. The van der Waals surface area contributed by atoms with Crippen LogP contribution in [0.5, 0.6) is 17.2 Å². The molecule has 4 rings (SSSR count). The molecule has 9 heteroatoms. The quantitative estimate of drug-likeness (QED) is 0.401. The number of hydrogen-bond acceptors (Lipinski definition) is 6. The maximum atomic E-state index is 14.3. The third-order valence-electron chi connectivity index (χ3n) is 5.41. The van der Waals surface area contributed by atoms with E-state index in [1.165, 1.54) is 26.5 Å². The number of nitrogens with two attached hydrogens (primary N) is 1. The lowest BCUT2D eigenvalue weighted by atomic mass is 10.1. The average molecular weight is 464 g/mol. The van der Waals surface area contributed by atoms with Gasteiger partial charge >= 0.3 is 0 Å². The maximum absolute atomic E-state index is 14.3. The lowest BCUT2D eigenvalue weighted by molar-refractivity contribution is -0.119. The Kier molecular flexibility index (Phi) is 6.27. The SMILES string of the molecule is COc1cc(OC)c(-c2nc3ccc(F)cn3c2Nc2c(C)cccc2C)c(OCC(N)=O)c1. The molecule has 4 aromatic rings. The molecule has 0 atom stereocenters. The largest absolute Gasteiger partial charge is 0.496 e. The Hall–Kier alpha value is -4.27. The van der Waals surface area contributed by atoms with E-state index in [4.69, 9.17) is 24.9 Å². The molecule has 0 saturated heterocycles. The van der Waals surface area contributed by atoms with E-state index >= 15 is 0 Å². The Morgan fingerprint density at radius 3 is 2.44 bits per heavy atom. The molecule has 8 nitrogen and oxygen atoms in total. The number of benzene rings is 2. The van der Waals surface area contributed by atoms with Crippen molar-refractivity contribution in [2.45, 2.75) is 13.8 Å². The molecule has 0 fully saturated rings. The van der Waals surface area contributed by atoms with Crippen molar-refractivity contribution < 1.29 is 23.4 Å². The van der Waals surface area contributed by atoms with Gasteiger partial charge in [0.1, 0.15) is 40.2 Å². The molecule has 0 spiro atoms. The number of fused-ring (bicyclic) bond motifs is 1. The minimum atomic E-state index is -0.640. The van der Waals surface area contributed by atoms with E-state index in [1.807, 2.05) is 32.0 Å². The molecule has 0 saturated carbocycles. The Morgan fingerprint density at radius 2 is 1.79 bits per heavy atom. The highest BCUT2D eigenvalue weighted by atomic mass is 19.1. The molecule has 0 aliphatic rings. The van der Waals surface area contributed by atoms with E-state index in [2.05, 4.69) is 5.32 Å². The molecule has 176 valence electrons. The third-order valence-corrected chi connectivity index (χ3v) is 5.41. The highest BCUT2D eigenvalue weighted by molar-refractivity contribution is 5.88. The summed E-state index contributed by atoms with van der Waals surface area (Å²) in [6, 6.07) is 12.1. The summed E-state index contributed by atoms with van der Waals surface area (Å²) in [5, 5.41) is 3.43. The number of aryl methyl sites for hydroxylation is 2. The van der Waals surface area contributed by atoms with Crippen LogP contribution in [0.3, 0.4) is 0 Å². The maximum Gasteiger partial charge on any atom is 0.255 e. The van der Waals surface area contributed by atoms with Gasteiger partial charge in [-0.25, -0.2) is 9.37 Å². The lowest BCUT2D eigenvalue weighted by Crippen LogP contribution is -2.20. The molecule has 2 aromatic heterocycles. The monoisotopic (exact) mass is 464 g/mol. The number of amides is 1. The van der Waals surface area contributed by atoms with Crippen molar-refractivity contribution in [1.29, 1.82) is 0 Å². The van der Waals surface area contributed by atoms with Crippen molar-refractivity contribution >= 4 is 23.1 Å². The van der Waals surface area contributed by atoms with Crippen LogP contribution in [0.1, 0.15) is 11.1 Å². The molecule has 0 unspecified atom stereocenters. The van der Waals surface area contributed by atoms with E-state index in [0.717, 1.165) is 16.8 Å². The number of halogens is 1. The van der Waals surface area contributed by atoms with Gasteiger partial charge in [-0.3, -0.25) is 9.20 Å². The van der Waals surface area contributed by atoms with Crippen LogP contribution in [0, 0.1) is 19.7 Å². The summed E-state index contributed by atoms with van der Waals surface area (Å²) < 4.78 is 32.6. The zero-order valence-corrected chi connectivity index (χ0v) is 19.3. The van der Waals surface area contributed by atoms with Crippen LogP contribution in [0.15, 0.2) is 48.7 Å². The van der Waals surface area contributed by atoms with Crippen molar-refractivity contribution in [3.8, 4) is 28.5 Å². The second kappa shape index (κ2) is 9.30. The van der Waals surface area contributed by atoms with E-state index in [1.54, 1.807) is 22.6 Å². The first-order valence-electron chi connectivity index (χ1n) is 10.5. The fraction of sp³-hybridized carbons (Fsp3) is 0.200. The number of hydrogen-bond donors (Lipinski definition) is 2. The van der Waals surface area contributed by atoms with Crippen LogP contribution in [-0.4, -0.2) is 36.1 Å². The summed E-state index contributed by atoms with van der Waals surface area (Å²) >= 11 is 0. The summed E-state index contributed by atoms with van der Waals surface area (Å²) in [4.78, 5) is 16.2. The van der Waals surface area contributed by atoms with Gasteiger partial charge in [0, 0.05) is 24.0 Å². The summed E-state index contributed by atoms with van der Waals surface area (Å²) in [6.07, 6.45) is 1.35. The normalized spacial score (nSPS) is 10.9. The zero-order chi connectivity index (χ0) is 24.4. The number of rotatable bonds is 8. The number of methoxy groups -OCH3 is 2. The highest BCUT2D eigenvalue weighted by Crippen LogP contribution is 2.45. The minimum absolute atomic E-state index is 0.281. The summed E-state index contributed by atoms with van der Waals surface area (Å²) in [7, 11) is 3.01. The Labute approximate surface area is 196 Å². The van der Waals surface area contributed by atoms with Gasteiger partial charge in [-0.15, -0.1) is 0 Å². The zero-order valence-electron chi connectivity index (χ0n) is 19.3. The number of para-hydroxylation sites is 1. The Morgan fingerprint density at radius 1 is 1.09 bits per heavy atom. The van der Waals surface area contributed by atoms with Gasteiger partial charge in [-0.1, -0.05) is 18.2 Å². The Balaban J connectivity index is 2.01. The molecule has 0 radical (unpaired) electrons. The van der Waals surface area contributed by atoms with E-state index in [-0.39, 0.29) is 12.4 Å². The molecule has 2 heterocycles. The Bertz CT molecular complexity index is 1360. The van der Waals surface area contributed by atoms with Crippen LogP contribution >= 0.6 is 0 Å². The predicted octanol–water partition coefficient (Wildman–Crippen LogP) is 4.38. The number of nitrogens with zero attached hydrogens (tertiary/aromatic N) is 2. The van der Waals surface area contributed by atoms with E-state index in [0.29, 0.717) is 34.2 Å². The molecule has 0 aliphatic carbocycles. The molecule has 3 N–H and O–H groups in total. The summed E-state index contributed by atoms with van der Waals surface area (Å²) in [6.45, 7) is 3.60. The minimum Gasteiger partial charge on any atom is -0.496 e. The number of carbonyl (C=O) groups is 1. The number of carbonyl (C=O) groups excluding carboxylic acids is 1. The third kappa shape index (κ3) is 4.32. The van der Waals surface area contributed by atoms with Crippen molar-refractivity contribution in [3.05, 3.63) is 65.6 Å². The molecule has 2 aromatic carbocycles. The first-order chi connectivity index (χ1) is 16.3. The smallest absolute Gasteiger partial charge is 0.255 e. The van der Waals surface area contributed by atoms with Crippen molar-refractivity contribution in [3.63, 3.8) is 0 Å². The fourth-order valence-electron chi connectivity index (χ4n) is 3.78. The molecule has 0 bridgehead atoms.